The number of methoxy groups -OCH3 is 1. The molecule has 0 aliphatic rings. The lowest BCUT2D eigenvalue weighted by atomic mass is 10.0. The van der Waals surface area contributed by atoms with E-state index in [1.165, 1.54) is 0 Å². The third-order valence-electron chi connectivity index (χ3n) is 4.94. The first-order valence-corrected chi connectivity index (χ1v) is 9.13. The van der Waals surface area contributed by atoms with Gasteiger partial charge in [0, 0.05) is 22.5 Å². The molecular formula is C20H19N7O2. The van der Waals surface area contributed by atoms with Gasteiger partial charge in [-0.2, -0.15) is 5.10 Å². The topological polar surface area (TPSA) is 118 Å². The maximum atomic E-state index is 5.71. The Balaban J connectivity index is 1.79. The molecule has 1 aromatic carbocycles. The van der Waals surface area contributed by atoms with Crippen molar-refractivity contribution in [1.29, 1.82) is 0 Å². The molecule has 4 heterocycles. The molecule has 0 amide bonds. The molecule has 3 N–H and O–H groups in total. The lowest BCUT2D eigenvalue weighted by molar-refractivity contribution is 0.393. The zero-order valence-corrected chi connectivity index (χ0v) is 16.4. The molecule has 146 valence electrons. The van der Waals surface area contributed by atoms with E-state index in [-0.39, 0.29) is 0 Å². The Labute approximate surface area is 165 Å². The van der Waals surface area contributed by atoms with Crippen LogP contribution in [0.3, 0.4) is 0 Å². The van der Waals surface area contributed by atoms with Crippen molar-refractivity contribution in [3.05, 3.63) is 41.7 Å². The average Bonchev–Trinajstić information content (AvgIpc) is 3.39. The molecule has 5 aromatic rings. The fourth-order valence-electron chi connectivity index (χ4n) is 3.71. The number of aromatic nitrogens is 6. The molecule has 29 heavy (non-hydrogen) atoms. The minimum absolute atomic E-state index is 0.656. The number of fused-ring (bicyclic) bond motifs is 3. The summed E-state index contributed by atoms with van der Waals surface area (Å²) in [6.45, 7) is 5.67. The van der Waals surface area contributed by atoms with Crippen LogP contribution >= 0.6 is 0 Å². The SMILES string of the molecule is COc1cc2c(cc1-c1c(C)noc1C)[nH]c1nc(C)nc(Nc3ccn[nH]3)c12. The second-order valence-corrected chi connectivity index (χ2v) is 6.86. The van der Waals surface area contributed by atoms with Gasteiger partial charge in [0.2, 0.25) is 0 Å². The lowest BCUT2D eigenvalue weighted by Gasteiger charge is -2.09. The number of aromatic amines is 2. The molecule has 0 aliphatic heterocycles. The van der Waals surface area contributed by atoms with E-state index in [1.54, 1.807) is 13.3 Å². The smallest absolute Gasteiger partial charge is 0.145 e. The van der Waals surface area contributed by atoms with Crippen LogP contribution in [0.1, 0.15) is 17.3 Å². The molecule has 0 unspecified atom stereocenters. The number of aryl methyl sites for hydroxylation is 3. The van der Waals surface area contributed by atoms with Gasteiger partial charge >= 0.3 is 0 Å². The fourth-order valence-corrected chi connectivity index (χ4v) is 3.71. The van der Waals surface area contributed by atoms with Crippen LogP contribution < -0.4 is 10.1 Å². The minimum Gasteiger partial charge on any atom is -0.496 e. The van der Waals surface area contributed by atoms with Crippen molar-refractivity contribution in [3.63, 3.8) is 0 Å². The molecule has 0 atom stereocenters. The summed E-state index contributed by atoms with van der Waals surface area (Å²) in [6.07, 6.45) is 1.68. The zero-order valence-electron chi connectivity index (χ0n) is 16.4. The number of anilines is 2. The van der Waals surface area contributed by atoms with Crippen LogP contribution in [0.25, 0.3) is 33.1 Å². The molecule has 0 saturated carbocycles. The van der Waals surface area contributed by atoms with Crippen LogP contribution in [-0.4, -0.2) is 37.4 Å². The number of hydrogen-bond acceptors (Lipinski definition) is 7. The largest absolute Gasteiger partial charge is 0.496 e. The molecule has 0 spiro atoms. The number of hydrogen-bond donors (Lipinski definition) is 3. The van der Waals surface area contributed by atoms with Crippen molar-refractivity contribution in [1.82, 2.24) is 30.3 Å². The van der Waals surface area contributed by atoms with Crippen LogP contribution in [0.2, 0.25) is 0 Å². The summed E-state index contributed by atoms with van der Waals surface area (Å²) >= 11 is 0. The summed E-state index contributed by atoms with van der Waals surface area (Å²) in [4.78, 5) is 12.6. The normalized spacial score (nSPS) is 11.4. The molecule has 9 heteroatoms. The number of H-pyrrole nitrogens is 2. The molecule has 0 fully saturated rings. The predicted molar refractivity (Wildman–Crippen MR) is 110 cm³/mol. The summed E-state index contributed by atoms with van der Waals surface area (Å²) in [6, 6.07) is 5.87. The minimum atomic E-state index is 0.656. The van der Waals surface area contributed by atoms with Gasteiger partial charge in [0.1, 0.15) is 34.6 Å². The van der Waals surface area contributed by atoms with Gasteiger partial charge < -0.3 is 19.6 Å². The Morgan fingerprint density at radius 2 is 2.00 bits per heavy atom. The second-order valence-electron chi connectivity index (χ2n) is 6.86. The first kappa shape index (κ1) is 17.2. The van der Waals surface area contributed by atoms with Crippen molar-refractivity contribution in [2.75, 3.05) is 12.4 Å². The van der Waals surface area contributed by atoms with E-state index in [0.717, 1.165) is 56.1 Å². The van der Waals surface area contributed by atoms with Crippen molar-refractivity contribution in [2.45, 2.75) is 20.8 Å². The average molecular weight is 389 g/mol. The Hall–Kier alpha value is -3.88. The van der Waals surface area contributed by atoms with Crippen molar-refractivity contribution >= 4 is 33.6 Å². The van der Waals surface area contributed by atoms with Gasteiger partial charge in [-0.1, -0.05) is 5.16 Å². The highest BCUT2D eigenvalue weighted by Gasteiger charge is 2.20. The van der Waals surface area contributed by atoms with Crippen molar-refractivity contribution in [2.24, 2.45) is 0 Å². The third kappa shape index (κ3) is 2.70. The van der Waals surface area contributed by atoms with E-state index in [1.807, 2.05) is 39.0 Å². The number of ether oxygens (including phenoxy) is 1. The van der Waals surface area contributed by atoms with Gasteiger partial charge in [0.15, 0.2) is 0 Å². The molecular weight excluding hydrogens is 370 g/mol. The summed E-state index contributed by atoms with van der Waals surface area (Å²) in [5.74, 6) is 3.56. The van der Waals surface area contributed by atoms with Crippen LogP contribution in [0.4, 0.5) is 11.6 Å². The number of rotatable bonds is 4. The highest BCUT2D eigenvalue weighted by Crippen LogP contribution is 2.40. The van der Waals surface area contributed by atoms with Gasteiger partial charge in [0.25, 0.3) is 0 Å². The molecule has 0 bridgehead atoms. The Morgan fingerprint density at radius 1 is 1.14 bits per heavy atom. The standard InChI is InChI=1S/C20H19N7O2/c1-9-17(10(2)29-27-9)13-7-14-12(8-15(13)28-4)18-19(24-14)22-11(3)23-20(18)25-16-5-6-21-26-16/h5-8H,1-4H3,(H3,21,22,23,24,25,26). The van der Waals surface area contributed by atoms with Gasteiger partial charge in [-0.05, 0) is 32.9 Å². The maximum absolute atomic E-state index is 5.71. The van der Waals surface area contributed by atoms with Crippen molar-refractivity contribution in [3.8, 4) is 16.9 Å². The van der Waals surface area contributed by atoms with Crippen LogP contribution in [-0.2, 0) is 0 Å². The highest BCUT2D eigenvalue weighted by molar-refractivity contribution is 6.13. The number of benzene rings is 1. The van der Waals surface area contributed by atoms with Gasteiger partial charge in [-0.25, -0.2) is 9.97 Å². The fraction of sp³-hybridized carbons (Fsp3) is 0.200. The lowest BCUT2D eigenvalue weighted by Crippen LogP contribution is -1.98. The number of nitrogens with one attached hydrogen (secondary N) is 3. The quantitative estimate of drug-likeness (QED) is 0.422. The molecule has 5 rings (SSSR count). The Morgan fingerprint density at radius 3 is 2.69 bits per heavy atom. The van der Waals surface area contributed by atoms with Gasteiger partial charge in [0.05, 0.1) is 30.0 Å². The van der Waals surface area contributed by atoms with Crippen LogP contribution in [0, 0.1) is 20.8 Å². The Kier molecular flexibility index (Phi) is 3.76. The summed E-state index contributed by atoms with van der Waals surface area (Å²) < 4.78 is 11.1. The zero-order chi connectivity index (χ0) is 20.1. The van der Waals surface area contributed by atoms with E-state index in [2.05, 4.69) is 35.6 Å². The first-order valence-electron chi connectivity index (χ1n) is 9.13. The van der Waals surface area contributed by atoms with E-state index in [4.69, 9.17) is 9.26 Å². The second kappa shape index (κ2) is 6.33. The summed E-state index contributed by atoms with van der Waals surface area (Å²) in [7, 11) is 1.65. The van der Waals surface area contributed by atoms with Crippen molar-refractivity contribution < 1.29 is 9.26 Å². The van der Waals surface area contributed by atoms with E-state index in [9.17, 15) is 0 Å². The van der Waals surface area contributed by atoms with Crippen LogP contribution in [0.5, 0.6) is 5.75 Å². The first-order chi connectivity index (χ1) is 14.0. The van der Waals surface area contributed by atoms with E-state index >= 15 is 0 Å². The third-order valence-corrected chi connectivity index (χ3v) is 4.94. The molecule has 0 aliphatic carbocycles. The van der Waals surface area contributed by atoms with Gasteiger partial charge in [-0.3, -0.25) is 5.10 Å². The summed E-state index contributed by atoms with van der Waals surface area (Å²) in [5, 5.41) is 16.1. The molecule has 4 aromatic heterocycles. The summed E-state index contributed by atoms with van der Waals surface area (Å²) in [5.41, 5.74) is 4.32. The maximum Gasteiger partial charge on any atom is 0.145 e. The van der Waals surface area contributed by atoms with Gasteiger partial charge in [-0.15, -0.1) is 0 Å². The monoisotopic (exact) mass is 389 g/mol. The molecule has 0 saturated heterocycles. The molecule has 0 radical (unpaired) electrons. The van der Waals surface area contributed by atoms with E-state index < -0.39 is 0 Å². The van der Waals surface area contributed by atoms with E-state index in [0.29, 0.717) is 11.6 Å². The number of nitrogens with zero attached hydrogens (tertiary/aromatic N) is 4. The predicted octanol–water partition coefficient (Wildman–Crippen LogP) is 4.17. The van der Waals surface area contributed by atoms with Crippen LogP contribution in [0.15, 0.2) is 28.9 Å². The Bertz CT molecular complexity index is 1330. The molecule has 9 nitrogen and oxygen atoms in total. The highest BCUT2D eigenvalue weighted by atomic mass is 16.5.